The number of nitrogens with zero attached hydrogens (tertiary/aromatic N) is 1. The minimum absolute atomic E-state index is 0.0732. The van der Waals surface area contributed by atoms with Gasteiger partial charge in [-0.3, -0.25) is 4.79 Å². The second kappa shape index (κ2) is 6.88. The van der Waals surface area contributed by atoms with Crippen LogP contribution in [0.4, 0.5) is 0 Å². The van der Waals surface area contributed by atoms with Crippen LogP contribution in [0.5, 0.6) is 11.7 Å². The molecule has 116 valence electrons. The fourth-order valence-corrected chi connectivity index (χ4v) is 2.73. The highest BCUT2D eigenvalue weighted by Crippen LogP contribution is 2.30. The summed E-state index contributed by atoms with van der Waals surface area (Å²) in [5.41, 5.74) is 0. The van der Waals surface area contributed by atoms with E-state index in [1.807, 2.05) is 17.0 Å². The average Bonchev–Trinajstić information content (AvgIpc) is 2.82. The van der Waals surface area contributed by atoms with Crippen LogP contribution in [-0.4, -0.2) is 23.9 Å². The molecule has 1 aliphatic rings. The standard InChI is InChI=1S/C17H18ClNO3/c18-13-7-3-4-8-14(13)21-16-10-9-15(22-16)17(20)19-11-5-1-2-6-12-19/h3-4,7-10H,1-2,5-6,11-12H2. The molecular weight excluding hydrogens is 302 g/mol. The first-order valence-corrected chi connectivity index (χ1v) is 7.93. The number of para-hydroxylation sites is 1. The SMILES string of the molecule is O=C(c1ccc(Oc2ccccc2Cl)o1)N1CCCCCC1. The zero-order valence-electron chi connectivity index (χ0n) is 12.3. The zero-order chi connectivity index (χ0) is 15.4. The van der Waals surface area contributed by atoms with E-state index in [1.165, 1.54) is 12.8 Å². The molecule has 0 spiro atoms. The summed E-state index contributed by atoms with van der Waals surface area (Å²) in [7, 11) is 0. The number of carbonyl (C=O) groups is 1. The van der Waals surface area contributed by atoms with Crippen molar-refractivity contribution in [1.29, 1.82) is 0 Å². The highest BCUT2D eigenvalue weighted by atomic mass is 35.5. The number of benzene rings is 1. The van der Waals surface area contributed by atoms with Gasteiger partial charge in [0.1, 0.15) is 5.75 Å². The van der Waals surface area contributed by atoms with E-state index in [4.69, 9.17) is 20.8 Å². The quantitative estimate of drug-likeness (QED) is 0.820. The molecule has 0 radical (unpaired) electrons. The number of hydrogen-bond donors (Lipinski definition) is 0. The number of furan rings is 1. The molecule has 4 nitrogen and oxygen atoms in total. The Morgan fingerprint density at radius 3 is 2.50 bits per heavy atom. The van der Waals surface area contributed by atoms with Crippen LogP contribution in [0.1, 0.15) is 36.2 Å². The molecule has 0 saturated carbocycles. The first kappa shape index (κ1) is 15.0. The van der Waals surface area contributed by atoms with Gasteiger partial charge in [0.05, 0.1) is 5.02 Å². The number of likely N-dealkylation sites (tertiary alicyclic amines) is 1. The van der Waals surface area contributed by atoms with E-state index in [0.717, 1.165) is 25.9 Å². The van der Waals surface area contributed by atoms with Gasteiger partial charge in [-0.15, -0.1) is 0 Å². The Bertz CT molecular complexity index is 645. The van der Waals surface area contributed by atoms with Crippen molar-refractivity contribution in [3.8, 4) is 11.7 Å². The van der Waals surface area contributed by atoms with E-state index in [0.29, 0.717) is 16.5 Å². The zero-order valence-corrected chi connectivity index (χ0v) is 13.0. The third kappa shape index (κ3) is 3.45. The van der Waals surface area contributed by atoms with Crippen LogP contribution in [0.25, 0.3) is 0 Å². The van der Waals surface area contributed by atoms with Crippen molar-refractivity contribution in [2.24, 2.45) is 0 Å². The van der Waals surface area contributed by atoms with Crippen molar-refractivity contribution in [3.05, 3.63) is 47.2 Å². The summed E-state index contributed by atoms with van der Waals surface area (Å²) in [6, 6.07) is 10.4. The fourth-order valence-electron chi connectivity index (χ4n) is 2.56. The van der Waals surface area contributed by atoms with E-state index in [2.05, 4.69) is 0 Å². The highest BCUT2D eigenvalue weighted by Gasteiger charge is 2.21. The molecule has 1 aromatic carbocycles. The second-order valence-electron chi connectivity index (χ2n) is 5.36. The van der Waals surface area contributed by atoms with Gasteiger partial charge >= 0.3 is 0 Å². The van der Waals surface area contributed by atoms with Crippen molar-refractivity contribution in [3.63, 3.8) is 0 Å². The molecule has 0 atom stereocenters. The van der Waals surface area contributed by atoms with Gasteiger partial charge in [-0.2, -0.15) is 0 Å². The number of halogens is 1. The highest BCUT2D eigenvalue weighted by molar-refractivity contribution is 6.32. The van der Waals surface area contributed by atoms with Crippen LogP contribution in [0, 0.1) is 0 Å². The van der Waals surface area contributed by atoms with Crippen molar-refractivity contribution in [1.82, 2.24) is 4.90 Å². The number of hydrogen-bond acceptors (Lipinski definition) is 3. The molecule has 22 heavy (non-hydrogen) atoms. The van der Waals surface area contributed by atoms with Crippen molar-refractivity contribution in [2.45, 2.75) is 25.7 Å². The first-order chi connectivity index (χ1) is 10.7. The minimum Gasteiger partial charge on any atom is -0.424 e. The maximum Gasteiger partial charge on any atom is 0.290 e. The summed E-state index contributed by atoms with van der Waals surface area (Å²) in [4.78, 5) is 14.3. The van der Waals surface area contributed by atoms with Crippen LogP contribution in [0.15, 0.2) is 40.8 Å². The first-order valence-electron chi connectivity index (χ1n) is 7.55. The predicted octanol–water partition coefficient (Wildman–Crippen LogP) is 4.74. The molecule has 3 rings (SSSR count). The maximum atomic E-state index is 12.4. The van der Waals surface area contributed by atoms with Crippen LogP contribution in [0.2, 0.25) is 5.02 Å². The molecule has 0 unspecified atom stereocenters. The van der Waals surface area contributed by atoms with E-state index in [1.54, 1.807) is 24.3 Å². The molecule has 1 amide bonds. The maximum absolute atomic E-state index is 12.4. The second-order valence-corrected chi connectivity index (χ2v) is 5.76. The Morgan fingerprint density at radius 1 is 1.05 bits per heavy atom. The van der Waals surface area contributed by atoms with Gasteiger partial charge < -0.3 is 14.1 Å². The van der Waals surface area contributed by atoms with Crippen LogP contribution in [0.3, 0.4) is 0 Å². The van der Waals surface area contributed by atoms with E-state index >= 15 is 0 Å². The lowest BCUT2D eigenvalue weighted by atomic mass is 10.2. The Kier molecular flexibility index (Phi) is 4.68. The number of amides is 1. The molecule has 5 heteroatoms. The van der Waals surface area contributed by atoms with Gasteiger partial charge in [0.2, 0.25) is 0 Å². The van der Waals surface area contributed by atoms with Crippen molar-refractivity contribution < 1.29 is 13.9 Å². The van der Waals surface area contributed by atoms with Crippen LogP contribution < -0.4 is 4.74 Å². The molecule has 1 aliphatic heterocycles. The Morgan fingerprint density at radius 2 is 1.77 bits per heavy atom. The minimum atomic E-state index is -0.0732. The van der Waals surface area contributed by atoms with Gasteiger partial charge in [-0.1, -0.05) is 36.6 Å². The summed E-state index contributed by atoms with van der Waals surface area (Å²) in [6.45, 7) is 1.58. The van der Waals surface area contributed by atoms with Crippen molar-refractivity contribution >= 4 is 17.5 Å². The summed E-state index contributed by atoms with van der Waals surface area (Å²) < 4.78 is 11.1. The smallest absolute Gasteiger partial charge is 0.290 e. The lowest BCUT2D eigenvalue weighted by Crippen LogP contribution is -2.31. The van der Waals surface area contributed by atoms with Gasteiger partial charge in [0, 0.05) is 19.2 Å². The largest absolute Gasteiger partial charge is 0.424 e. The molecule has 0 N–H and O–H groups in total. The number of carbonyl (C=O) groups excluding carboxylic acids is 1. The molecule has 0 bridgehead atoms. The monoisotopic (exact) mass is 319 g/mol. The number of ether oxygens (including phenoxy) is 1. The molecule has 1 fully saturated rings. The Balaban J connectivity index is 1.70. The Hall–Kier alpha value is -1.94. The summed E-state index contributed by atoms with van der Waals surface area (Å²) in [5.74, 6) is 1.01. The van der Waals surface area contributed by atoms with E-state index < -0.39 is 0 Å². The molecule has 1 saturated heterocycles. The lowest BCUT2D eigenvalue weighted by Gasteiger charge is -2.18. The summed E-state index contributed by atoms with van der Waals surface area (Å²) in [6.07, 6.45) is 4.47. The van der Waals surface area contributed by atoms with Gasteiger partial charge in [-0.05, 0) is 31.0 Å². The van der Waals surface area contributed by atoms with Gasteiger partial charge in [0.15, 0.2) is 5.76 Å². The van der Waals surface area contributed by atoms with Crippen LogP contribution >= 0.6 is 11.6 Å². The molecule has 0 aliphatic carbocycles. The third-order valence-electron chi connectivity index (χ3n) is 3.73. The predicted molar refractivity (Wildman–Crippen MR) is 84.6 cm³/mol. The molecule has 2 aromatic rings. The topological polar surface area (TPSA) is 42.7 Å². The molecular formula is C17H18ClNO3. The van der Waals surface area contributed by atoms with Gasteiger partial charge in [-0.25, -0.2) is 0 Å². The third-order valence-corrected chi connectivity index (χ3v) is 4.04. The Labute approximate surface area is 134 Å². The molecule has 2 heterocycles. The fraction of sp³-hybridized carbons (Fsp3) is 0.353. The van der Waals surface area contributed by atoms with Gasteiger partial charge in [0.25, 0.3) is 11.9 Å². The average molecular weight is 320 g/mol. The summed E-state index contributed by atoms with van der Waals surface area (Å²) >= 11 is 6.04. The number of rotatable bonds is 3. The van der Waals surface area contributed by atoms with Crippen molar-refractivity contribution in [2.75, 3.05) is 13.1 Å². The van der Waals surface area contributed by atoms with E-state index in [9.17, 15) is 4.79 Å². The summed E-state index contributed by atoms with van der Waals surface area (Å²) in [5, 5.41) is 0.499. The van der Waals surface area contributed by atoms with E-state index in [-0.39, 0.29) is 11.9 Å². The molecule has 1 aromatic heterocycles. The normalized spacial score (nSPS) is 15.4. The van der Waals surface area contributed by atoms with Crippen LogP contribution in [-0.2, 0) is 0 Å². The lowest BCUT2D eigenvalue weighted by molar-refractivity contribution is 0.0724.